The van der Waals surface area contributed by atoms with Crippen LogP contribution in [0.15, 0.2) is 24.3 Å². The highest BCUT2D eigenvalue weighted by Gasteiger charge is 2.33. The average Bonchev–Trinajstić information content (AvgIpc) is 2.29. The molecule has 0 aliphatic carbocycles. The van der Waals surface area contributed by atoms with Crippen LogP contribution >= 0.6 is 0 Å². The lowest BCUT2D eigenvalue weighted by molar-refractivity contribution is -0.123. The van der Waals surface area contributed by atoms with Crippen molar-refractivity contribution in [3.63, 3.8) is 0 Å². The first-order valence-electron chi connectivity index (χ1n) is 5.75. The first kappa shape index (κ1) is 11.4. The van der Waals surface area contributed by atoms with E-state index in [0.29, 0.717) is 0 Å². The molecule has 1 aromatic carbocycles. The summed E-state index contributed by atoms with van der Waals surface area (Å²) in [5, 5.41) is 0. The minimum atomic E-state index is -0.621. The van der Waals surface area contributed by atoms with Crippen molar-refractivity contribution >= 4 is 0 Å². The number of ether oxygens (including phenoxy) is 2. The highest BCUT2D eigenvalue weighted by molar-refractivity contribution is 5.30. The van der Waals surface area contributed by atoms with Crippen molar-refractivity contribution < 1.29 is 9.47 Å². The molecule has 1 aliphatic rings. The highest BCUT2D eigenvalue weighted by Crippen LogP contribution is 2.33. The van der Waals surface area contributed by atoms with E-state index >= 15 is 0 Å². The molecule has 1 heterocycles. The van der Waals surface area contributed by atoms with E-state index in [0.717, 1.165) is 30.6 Å². The van der Waals surface area contributed by atoms with Gasteiger partial charge < -0.3 is 9.47 Å². The monoisotopic (exact) mass is 221 g/mol. The Labute approximate surface area is 96.5 Å². The summed E-state index contributed by atoms with van der Waals surface area (Å²) < 4.78 is 11.0. The van der Waals surface area contributed by atoms with E-state index in [9.17, 15) is 0 Å². The van der Waals surface area contributed by atoms with E-state index in [1.54, 1.807) is 7.11 Å². The van der Waals surface area contributed by atoms with Crippen LogP contribution in [-0.2, 0) is 10.5 Å². The zero-order valence-corrected chi connectivity index (χ0v) is 9.90. The third-order valence-corrected chi connectivity index (χ3v) is 3.15. The molecule has 0 saturated carbocycles. The molecule has 1 saturated heterocycles. The van der Waals surface area contributed by atoms with Gasteiger partial charge in [0.2, 0.25) is 0 Å². The number of hydrogen-bond donors (Lipinski definition) is 1. The van der Waals surface area contributed by atoms with Crippen LogP contribution in [0, 0.1) is 0 Å². The molecule has 0 spiro atoms. The standard InChI is InChI=1S/C13H19NO2/c1-10-4-3-9-13(14,16-10)11-5-7-12(15-2)8-6-11/h5-8,10H,3-4,9,14H2,1-2H3. The number of rotatable bonds is 2. The van der Waals surface area contributed by atoms with Crippen molar-refractivity contribution in [1.29, 1.82) is 0 Å². The van der Waals surface area contributed by atoms with Crippen molar-refractivity contribution in [2.75, 3.05) is 7.11 Å². The fourth-order valence-corrected chi connectivity index (χ4v) is 2.21. The molecule has 2 N–H and O–H groups in total. The number of benzene rings is 1. The van der Waals surface area contributed by atoms with Gasteiger partial charge in [0.15, 0.2) is 0 Å². The van der Waals surface area contributed by atoms with Crippen LogP contribution in [0.1, 0.15) is 31.7 Å². The summed E-state index contributed by atoms with van der Waals surface area (Å²) >= 11 is 0. The maximum Gasteiger partial charge on any atom is 0.143 e. The average molecular weight is 221 g/mol. The normalized spacial score (nSPS) is 30.1. The van der Waals surface area contributed by atoms with E-state index in [-0.39, 0.29) is 6.10 Å². The Morgan fingerprint density at radius 3 is 2.62 bits per heavy atom. The Hall–Kier alpha value is -1.06. The predicted octanol–water partition coefficient (Wildman–Crippen LogP) is 2.40. The SMILES string of the molecule is COc1ccc(C2(N)CCCC(C)O2)cc1. The summed E-state index contributed by atoms with van der Waals surface area (Å²) in [6, 6.07) is 7.81. The summed E-state index contributed by atoms with van der Waals surface area (Å²) in [5.41, 5.74) is 6.71. The van der Waals surface area contributed by atoms with Gasteiger partial charge in [0.1, 0.15) is 11.5 Å². The Morgan fingerprint density at radius 2 is 2.06 bits per heavy atom. The molecule has 0 bridgehead atoms. The highest BCUT2D eigenvalue weighted by atomic mass is 16.5. The fourth-order valence-electron chi connectivity index (χ4n) is 2.21. The first-order valence-corrected chi connectivity index (χ1v) is 5.75. The quantitative estimate of drug-likeness (QED) is 0.834. The van der Waals surface area contributed by atoms with Gasteiger partial charge in [0.05, 0.1) is 13.2 Å². The molecule has 3 nitrogen and oxygen atoms in total. The van der Waals surface area contributed by atoms with Crippen LogP contribution < -0.4 is 10.5 Å². The molecule has 0 amide bonds. The van der Waals surface area contributed by atoms with Crippen LogP contribution in [0.5, 0.6) is 5.75 Å². The number of methoxy groups -OCH3 is 1. The van der Waals surface area contributed by atoms with Gasteiger partial charge in [-0.1, -0.05) is 12.1 Å². The smallest absolute Gasteiger partial charge is 0.143 e. The van der Waals surface area contributed by atoms with Gasteiger partial charge in [-0.3, -0.25) is 5.73 Å². The van der Waals surface area contributed by atoms with E-state index < -0.39 is 5.72 Å². The van der Waals surface area contributed by atoms with Gasteiger partial charge in [-0.2, -0.15) is 0 Å². The fraction of sp³-hybridized carbons (Fsp3) is 0.538. The molecular weight excluding hydrogens is 202 g/mol. The maximum atomic E-state index is 6.30. The van der Waals surface area contributed by atoms with Gasteiger partial charge >= 0.3 is 0 Å². The summed E-state index contributed by atoms with van der Waals surface area (Å²) in [6.07, 6.45) is 3.32. The lowest BCUT2D eigenvalue weighted by atomic mass is 9.93. The molecule has 1 fully saturated rings. The van der Waals surface area contributed by atoms with Crippen LogP contribution in [0.4, 0.5) is 0 Å². The second-order valence-electron chi connectivity index (χ2n) is 4.44. The molecule has 1 aromatic rings. The Kier molecular flexibility index (Phi) is 3.17. The molecule has 2 unspecified atom stereocenters. The lowest BCUT2D eigenvalue weighted by Crippen LogP contribution is -2.45. The third kappa shape index (κ3) is 2.20. The van der Waals surface area contributed by atoms with Crippen molar-refractivity contribution in [2.24, 2.45) is 5.73 Å². The minimum absolute atomic E-state index is 0.237. The van der Waals surface area contributed by atoms with Crippen molar-refractivity contribution in [3.8, 4) is 5.75 Å². The van der Waals surface area contributed by atoms with Crippen molar-refractivity contribution in [3.05, 3.63) is 29.8 Å². The Balaban J connectivity index is 2.20. The van der Waals surface area contributed by atoms with Crippen LogP contribution in [0.25, 0.3) is 0 Å². The van der Waals surface area contributed by atoms with Crippen LogP contribution in [0.2, 0.25) is 0 Å². The molecular formula is C13H19NO2. The van der Waals surface area contributed by atoms with Crippen LogP contribution in [-0.4, -0.2) is 13.2 Å². The second kappa shape index (κ2) is 4.44. The topological polar surface area (TPSA) is 44.5 Å². The summed E-state index contributed by atoms with van der Waals surface area (Å²) in [4.78, 5) is 0. The summed E-state index contributed by atoms with van der Waals surface area (Å²) in [5.74, 6) is 0.844. The van der Waals surface area contributed by atoms with Gasteiger partial charge in [-0.15, -0.1) is 0 Å². The van der Waals surface area contributed by atoms with E-state index in [1.165, 1.54) is 0 Å². The Morgan fingerprint density at radius 1 is 1.38 bits per heavy atom. The van der Waals surface area contributed by atoms with E-state index in [1.807, 2.05) is 24.3 Å². The van der Waals surface area contributed by atoms with Gasteiger partial charge in [0.25, 0.3) is 0 Å². The molecule has 0 radical (unpaired) electrons. The molecule has 3 heteroatoms. The zero-order chi connectivity index (χ0) is 11.6. The predicted molar refractivity (Wildman–Crippen MR) is 63.3 cm³/mol. The van der Waals surface area contributed by atoms with E-state index in [2.05, 4.69) is 6.92 Å². The molecule has 2 rings (SSSR count). The molecule has 1 aliphatic heterocycles. The number of nitrogens with two attached hydrogens (primary N) is 1. The largest absolute Gasteiger partial charge is 0.497 e. The summed E-state index contributed by atoms with van der Waals surface area (Å²) in [6.45, 7) is 2.07. The molecule has 0 aromatic heterocycles. The maximum absolute atomic E-state index is 6.30. The van der Waals surface area contributed by atoms with Gasteiger partial charge in [-0.05, 0) is 43.9 Å². The van der Waals surface area contributed by atoms with Gasteiger partial charge in [-0.25, -0.2) is 0 Å². The molecule has 88 valence electrons. The zero-order valence-electron chi connectivity index (χ0n) is 9.90. The lowest BCUT2D eigenvalue weighted by Gasteiger charge is -2.37. The summed E-state index contributed by atoms with van der Waals surface area (Å²) in [7, 11) is 1.66. The van der Waals surface area contributed by atoms with Crippen molar-refractivity contribution in [2.45, 2.75) is 38.0 Å². The Bertz CT molecular complexity index is 349. The minimum Gasteiger partial charge on any atom is -0.497 e. The van der Waals surface area contributed by atoms with Crippen LogP contribution in [0.3, 0.4) is 0 Å². The second-order valence-corrected chi connectivity index (χ2v) is 4.44. The van der Waals surface area contributed by atoms with Gasteiger partial charge in [0, 0.05) is 0 Å². The molecule has 16 heavy (non-hydrogen) atoms. The first-order chi connectivity index (χ1) is 7.64. The third-order valence-electron chi connectivity index (χ3n) is 3.15. The molecule has 2 atom stereocenters. The number of hydrogen-bond acceptors (Lipinski definition) is 3. The van der Waals surface area contributed by atoms with Crippen molar-refractivity contribution in [1.82, 2.24) is 0 Å². The van der Waals surface area contributed by atoms with E-state index in [4.69, 9.17) is 15.2 Å².